The van der Waals surface area contributed by atoms with E-state index in [1.165, 1.54) is 23.1 Å². The Hall–Kier alpha value is -2.00. The van der Waals surface area contributed by atoms with Crippen molar-refractivity contribution in [2.75, 3.05) is 18.2 Å². The Morgan fingerprint density at radius 1 is 1.18 bits per heavy atom. The molecule has 0 saturated carbocycles. The first-order valence-electron chi connectivity index (χ1n) is 8.11. The zero-order valence-corrected chi connectivity index (χ0v) is 17.9. The third-order valence-corrected chi connectivity index (χ3v) is 6.12. The molecule has 2 aromatic carbocycles. The van der Waals surface area contributed by atoms with E-state index in [0.29, 0.717) is 26.1 Å². The van der Waals surface area contributed by atoms with Crippen LogP contribution in [0.15, 0.2) is 46.8 Å². The van der Waals surface area contributed by atoms with Gasteiger partial charge in [-0.3, -0.25) is 4.79 Å². The van der Waals surface area contributed by atoms with Crippen molar-refractivity contribution in [3.05, 3.63) is 58.1 Å². The van der Waals surface area contributed by atoms with E-state index in [4.69, 9.17) is 27.9 Å². The minimum atomic E-state index is -0.115. The highest BCUT2D eigenvalue weighted by Gasteiger charge is 2.09. The molecule has 2 N–H and O–H groups in total. The summed E-state index contributed by atoms with van der Waals surface area (Å²) in [4.78, 5) is 12.1. The maximum absolute atomic E-state index is 12.1. The molecule has 1 heterocycles. The first-order valence-corrected chi connectivity index (χ1v) is 10.7. The largest absolute Gasteiger partial charge is 0.497 e. The van der Waals surface area contributed by atoms with Crippen LogP contribution in [0.3, 0.4) is 0 Å². The quantitative estimate of drug-likeness (QED) is 0.466. The zero-order valence-electron chi connectivity index (χ0n) is 14.7. The molecule has 0 unspecified atom stereocenters. The third kappa shape index (κ3) is 6.00. The molecule has 146 valence electrons. The van der Waals surface area contributed by atoms with Gasteiger partial charge < -0.3 is 15.4 Å². The Balaban J connectivity index is 1.46. The number of carbonyl (C=O) groups excluding carboxylic acids is 1. The van der Waals surface area contributed by atoms with Gasteiger partial charge in [-0.25, -0.2) is 0 Å². The topological polar surface area (TPSA) is 76.1 Å². The van der Waals surface area contributed by atoms with Crippen LogP contribution in [-0.2, 0) is 11.3 Å². The predicted molar refractivity (Wildman–Crippen MR) is 115 cm³/mol. The van der Waals surface area contributed by atoms with Crippen LogP contribution in [0.2, 0.25) is 10.0 Å². The minimum Gasteiger partial charge on any atom is -0.497 e. The van der Waals surface area contributed by atoms with E-state index in [0.717, 1.165) is 17.0 Å². The van der Waals surface area contributed by atoms with Gasteiger partial charge in [-0.05, 0) is 42.0 Å². The van der Waals surface area contributed by atoms with Gasteiger partial charge in [0.05, 0.1) is 12.9 Å². The molecule has 0 bridgehead atoms. The van der Waals surface area contributed by atoms with Crippen LogP contribution in [0.1, 0.15) is 5.56 Å². The molecule has 0 spiro atoms. The second kappa shape index (κ2) is 9.97. The number of benzene rings is 2. The molecular formula is C18H16Cl2N4O2S2. The van der Waals surface area contributed by atoms with Crippen molar-refractivity contribution < 1.29 is 9.53 Å². The SMILES string of the molecule is COc1ccc(Nc2nnc(SCC(=O)NCc3ccc(Cl)cc3Cl)s2)cc1. The number of anilines is 2. The second-order valence-corrected chi connectivity index (χ2v) is 8.57. The summed E-state index contributed by atoms with van der Waals surface area (Å²) < 4.78 is 5.83. The maximum atomic E-state index is 12.1. The molecule has 0 fully saturated rings. The number of ether oxygens (including phenoxy) is 1. The normalized spacial score (nSPS) is 10.5. The number of amides is 1. The number of hydrogen-bond donors (Lipinski definition) is 2. The minimum absolute atomic E-state index is 0.115. The molecule has 1 amide bonds. The summed E-state index contributed by atoms with van der Waals surface area (Å²) in [6.45, 7) is 0.343. The molecule has 0 aliphatic heterocycles. The van der Waals surface area contributed by atoms with Gasteiger partial charge in [0.15, 0.2) is 4.34 Å². The molecule has 0 aliphatic rings. The first-order chi connectivity index (χ1) is 13.5. The summed E-state index contributed by atoms with van der Waals surface area (Å²) in [7, 11) is 1.62. The number of hydrogen-bond acceptors (Lipinski definition) is 7. The van der Waals surface area contributed by atoms with E-state index in [1.54, 1.807) is 25.3 Å². The highest BCUT2D eigenvalue weighted by molar-refractivity contribution is 8.01. The van der Waals surface area contributed by atoms with Crippen LogP contribution in [0.5, 0.6) is 5.75 Å². The van der Waals surface area contributed by atoms with Crippen molar-refractivity contribution >= 4 is 63.0 Å². The lowest BCUT2D eigenvalue weighted by molar-refractivity contribution is -0.118. The molecule has 0 radical (unpaired) electrons. The van der Waals surface area contributed by atoms with Gasteiger partial charge in [0.2, 0.25) is 11.0 Å². The van der Waals surface area contributed by atoms with E-state index in [9.17, 15) is 4.79 Å². The number of halogens is 2. The van der Waals surface area contributed by atoms with Crippen LogP contribution >= 0.6 is 46.3 Å². The monoisotopic (exact) mass is 454 g/mol. The average molecular weight is 455 g/mol. The fraction of sp³-hybridized carbons (Fsp3) is 0.167. The Labute approximate surface area is 180 Å². The lowest BCUT2D eigenvalue weighted by Crippen LogP contribution is -2.24. The van der Waals surface area contributed by atoms with E-state index in [2.05, 4.69) is 20.8 Å². The number of carbonyl (C=O) groups is 1. The standard InChI is InChI=1S/C18H16Cl2N4O2S2/c1-26-14-6-4-13(5-7-14)22-17-23-24-18(28-17)27-10-16(25)21-9-11-2-3-12(19)8-15(11)20/h2-8H,9-10H2,1H3,(H,21,25)(H,22,23). The average Bonchev–Trinajstić information content (AvgIpc) is 3.13. The summed E-state index contributed by atoms with van der Waals surface area (Å²) in [5.74, 6) is 0.906. The van der Waals surface area contributed by atoms with Gasteiger partial charge in [0.1, 0.15) is 5.75 Å². The molecule has 3 aromatic rings. The smallest absolute Gasteiger partial charge is 0.230 e. The Morgan fingerprint density at radius 3 is 2.68 bits per heavy atom. The number of nitrogens with one attached hydrogen (secondary N) is 2. The van der Waals surface area contributed by atoms with Gasteiger partial charge in [-0.15, -0.1) is 10.2 Å². The van der Waals surface area contributed by atoms with Gasteiger partial charge in [-0.2, -0.15) is 0 Å². The number of thioether (sulfide) groups is 1. The molecule has 6 nitrogen and oxygen atoms in total. The summed E-state index contributed by atoms with van der Waals surface area (Å²) >= 11 is 14.7. The van der Waals surface area contributed by atoms with E-state index >= 15 is 0 Å². The summed E-state index contributed by atoms with van der Waals surface area (Å²) in [6.07, 6.45) is 0. The van der Waals surface area contributed by atoms with Crippen LogP contribution in [0.25, 0.3) is 0 Å². The lowest BCUT2D eigenvalue weighted by atomic mass is 10.2. The van der Waals surface area contributed by atoms with Crippen molar-refractivity contribution in [1.82, 2.24) is 15.5 Å². The Bertz CT molecular complexity index is 951. The van der Waals surface area contributed by atoms with Crippen molar-refractivity contribution in [1.29, 1.82) is 0 Å². The van der Waals surface area contributed by atoms with Crippen LogP contribution in [0, 0.1) is 0 Å². The van der Waals surface area contributed by atoms with Crippen molar-refractivity contribution in [3.63, 3.8) is 0 Å². The lowest BCUT2D eigenvalue weighted by Gasteiger charge is -2.06. The van der Waals surface area contributed by atoms with Crippen molar-refractivity contribution in [2.45, 2.75) is 10.9 Å². The highest BCUT2D eigenvalue weighted by Crippen LogP contribution is 2.28. The number of rotatable bonds is 8. The molecule has 28 heavy (non-hydrogen) atoms. The number of aromatic nitrogens is 2. The molecular weight excluding hydrogens is 439 g/mol. The first kappa shape index (κ1) is 20.7. The molecule has 3 rings (SSSR count). The fourth-order valence-corrected chi connectivity index (χ4v) is 4.23. The van der Waals surface area contributed by atoms with Crippen LogP contribution in [-0.4, -0.2) is 29.0 Å². The maximum Gasteiger partial charge on any atom is 0.230 e. The summed E-state index contributed by atoms with van der Waals surface area (Å²) in [5.41, 5.74) is 1.69. The van der Waals surface area contributed by atoms with Crippen molar-refractivity contribution in [3.8, 4) is 5.75 Å². The summed E-state index contributed by atoms with van der Waals surface area (Å²) in [5, 5.41) is 15.9. The number of nitrogens with zero attached hydrogens (tertiary/aromatic N) is 2. The number of methoxy groups -OCH3 is 1. The second-order valence-electron chi connectivity index (χ2n) is 5.53. The molecule has 0 aliphatic carbocycles. The molecule has 0 atom stereocenters. The van der Waals surface area contributed by atoms with Crippen LogP contribution < -0.4 is 15.4 Å². The van der Waals surface area contributed by atoms with E-state index < -0.39 is 0 Å². The van der Waals surface area contributed by atoms with Gasteiger partial charge in [0, 0.05) is 22.3 Å². The van der Waals surface area contributed by atoms with Gasteiger partial charge in [0.25, 0.3) is 0 Å². The molecule has 10 heteroatoms. The van der Waals surface area contributed by atoms with Gasteiger partial charge in [-0.1, -0.05) is 52.4 Å². The fourth-order valence-electron chi connectivity index (χ4n) is 2.15. The van der Waals surface area contributed by atoms with Gasteiger partial charge >= 0.3 is 0 Å². The zero-order chi connectivity index (χ0) is 19.9. The van der Waals surface area contributed by atoms with E-state index in [1.807, 2.05) is 24.3 Å². The molecule has 1 aromatic heterocycles. The Morgan fingerprint density at radius 2 is 1.96 bits per heavy atom. The summed E-state index contributed by atoms with van der Waals surface area (Å²) in [6, 6.07) is 12.7. The highest BCUT2D eigenvalue weighted by atomic mass is 35.5. The van der Waals surface area contributed by atoms with Crippen molar-refractivity contribution in [2.24, 2.45) is 0 Å². The van der Waals surface area contributed by atoms with Crippen LogP contribution in [0.4, 0.5) is 10.8 Å². The predicted octanol–water partition coefficient (Wildman–Crippen LogP) is 5.01. The van der Waals surface area contributed by atoms with E-state index in [-0.39, 0.29) is 11.7 Å². The molecule has 0 saturated heterocycles. The third-order valence-electron chi connectivity index (χ3n) is 3.57. The Kier molecular flexibility index (Phi) is 7.38.